The third kappa shape index (κ3) is 4.55. The maximum atomic E-state index is 6.53. The lowest BCUT2D eigenvalue weighted by Gasteiger charge is -2.27. The summed E-state index contributed by atoms with van der Waals surface area (Å²) in [5.41, 5.74) is 25.9. The van der Waals surface area contributed by atoms with Gasteiger partial charge in [0.05, 0.1) is 0 Å². The Labute approximate surface area is 330 Å². The summed E-state index contributed by atoms with van der Waals surface area (Å²) in [6, 6.07) is 40.6. The van der Waals surface area contributed by atoms with E-state index < -0.39 is 0 Å². The Morgan fingerprint density at radius 2 is 0.839 bits per heavy atom. The van der Waals surface area contributed by atoms with Gasteiger partial charge in [0.1, 0.15) is 11.2 Å². The Bertz CT molecular complexity index is 3080. The Hall–Kier alpha value is -5.92. The van der Waals surface area contributed by atoms with Crippen LogP contribution >= 0.6 is 0 Å². The second-order valence-corrected chi connectivity index (χ2v) is 17.0. The molecule has 0 bridgehead atoms. The van der Waals surface area contributed by atoms with Crippen LogP contribution in [0.25, 0.3) is 88.0 Å². The first-order chi connectivity index (χ1) is 26.9. The van der Waals surface area contributed by atoms with Gasteiger partial charge in [0.25, 0.3) is 0 Å². The van der Waals surface area contributed by atoms with Crippen LogP contribution in [0.4, 0.5) is 0 Å². The maximum Gasteiger partial charge on any atom is 0.136 e. The van der Waals surface area contributed by atoms with Crippen LogP contribution in [0.15, 0.2) is 114 Å². The van der Waals surface area contributed by atoms with Crippen LogP contribution in [0.5, 0.6) is 0 Å². The lowest BCUT2D eigenvalue weighted by Crippen LogP contribution is -2.14. The van der Waals surface area contributed by atoms with E-state index in [1.807, 2.05) is 0 Å². The van der Waals surface area contributed by atoms with Crippen molar-refractivity contribution in [2.24, 2.45) is 0 Å². The summed E-state index contributed by atoms with van der Waals surface area (Å²) in [6.07, 6.45) is 0. The number of benzene rings is 8. The maximum absolute atomic E-state index is 6.53. The molecule has 1 aliphatic carbocycles. The Kier molecular flexibility index (Phi) is 7.43. The van der Waals surface area contributed by atoms with Crippen LogP contribution < -0.4 is 0 Å². The number of aryl methyl sites for hydroxylation is 4. The van der Waals surface area contributed by atoms with Crippen LogP contribution in [0.3, 0.4) is 0 Å². The van der Waals surface area contributed by atoms with Crippen LogP contribution in [0.2, 0.25) is 0 Å². The highest BCUT2D eigenvalue weighted by Gasteiger charge is 2.35. The highest BCUT2D eigenvalue weighted by atomic mass is 16.3. The van der Waals surface area contributed by atoms with Gasteiger partial charge in [-0.15, -0.1) is 0 Å². The highest BCUT2D eigenvalue weighted by molar-refractivity contribution is 6.28. The molecule has 56 heavy (non-hydrogen) atoms. The van der Waals surface area contributed by atoms with Gasteiger partial charge in [0.15, 0.2) is 0 Å². The molecule has 0 saturated heterocycles. The van der Waals surface area contributed by atoms with E-state index in [0.717, 1.165) is 16.6 Å². The number of hydrogen-bond acceptors (Lipinski definition) is 1. The predicted molar refractivity (Wildman–Crippen MR) is 240 cm³/mol. The molecule has 0 aliphatic heterocycles. The van der Waals surface area contributed by atoms with Gasteiger partial charge in [-0.25, -0.2) is 0 Å². The summed E-state index contributed by atoms with van der Waals surface area (Å²) in [4.78, 5) is 0. The number of fused-ring (bicyclic) bond motifs is 8. The molecule has 0 amide bonds. The largest absolute Gasteiger partial charge is 0.456 e. The molecule has 8 aromatic carbocycles. The highest BCUT2D eigenvalue weighted by Crippen LogP contribution is 2.53. The molecule has 1 aliphatic rings. The van der Waals surface area contributed by atoms with Crippen LogP contribution in [0.1, 0.15) is 69.5 Å². The second kappa shape index (κ2) is 12.0. The predicted octanol–water partition coefficient (Wildman–Crippen LogP) is 15.7. The summed E-state index contributed by atoms with van der Waals surface area (Å²) in [7, 11) is 0. The summed E-state index contributed by atoms with van der Waals surface area (Å²) >= 11 is 0. The second-order valence-electron chi connectivity index (χ2n) is 17.0. The van der Waals surface area contributed by atoms with Gasteiger partial charge in [-0.2, -0.15) is 0 Å². The standard InChI is InChI=1S/C55H48O/c1-29-31(3)35(7)50-48(33(29)5)52(38-24-22-37(23-25-38)39-26-27-41-40-16-11-13-19-44(40)55(9,10)45(41)28-39)49-34(6)30(2)32(4)36(8)51(49)54(50)43-18-15-21-47-53(43)42-17-12-14-20-46(42)56-47/h11-28H,1-10H3. The first-order valence-electron chi connectivity index (χ1n) is 20.1. The molecule has 1 heterocycles. The van der Waals surface area contributed by atoms with Crippen molar-refractivity contribution in [3.8, 4) is 44.5 Å². The molecule has 0 spiro atoms. The summed E-state index contributed by atoms with van der Waals surface area (Å²) in [5.74, 6) is 0. The molecule has 0 N–H and O–H groups in total. The topological polar surface area (TPSA) is 13.1 Å². The molecular formula is C55H48O. The lowest BCUT2D eigenvalue weighted by atomic mass is 9.76. The smallest absolute Gasteiger partial charge is 0.136 e. The van der Waals surface area contributed by atoms with Crippen molar-refractivity contribution < 1.29 is 4.42 Å². The molecule has 0 atom stereocenters. The van der Waals surface area contributed by atoms with Crippen molar-refractivity contribution >= 4 is 43.5 Å². The van der Waals surface area contributed by atoms with Crippen molar-refractivity contribution in [3.05, 3.63) is 165 Å². The van der Waals surface area contributed by atoms with E-state index in [1.54, 1.807) is 0 Å². The fourth-order valence-corrected chi connectivity index (χ4v) is 10.4. The van der Waals surface area contributed by atoms with Crippen molar-refractivity contribution in [3.63, 3.8) is 0 Å². The number of rotatable bonds is 3. The van der Waals surface area contributed by atoms with E-state index in [1.165, 1.54) is 127 Å². The Morgan fingerprint density at radius 1 is 0.357 bits per heavy atom. The molecule has 1 aromatic heterocycles. The quantitative estimate of drug-likeness (QED) is 0.165. The average molecular weight is 725 g/mol. The molecule has 9 aromatic rings. The zero-order valence-electron chi connectivity index (χ0n) is 34.3. The molecule has 0 unspecified atom stereocenters. The van der Waals surface area contributed by atoms with E-state index in [9.17, 15) is 0 Å². The van der Waals surface area contributed by atoms with E-state index >= 15 is 0 Å². The van der Waals surface area contributed by atoms with Crippen molar-refractivity contribution in [2.45, 2.75) is 74.7 Å². The van der Waals surface area contributed by atoms with Gasteiger partial charge in [0.2, 0.25) is 0 Å². The van der Waals surface area contributed by atoms with Crippen LogP contribution in [0, 0.1) is 55.4 Å². The molecule has 1 heteroatoms. The minimum Gasteiger partial charge on any atom is -0.456 e. The summed E-state index contributed by atoms with van der Waals surface area (Å²) < 4.78 is 6.53. The zero-order valence-corrected chi connectivity index (χ0v) is 34.3. The zero-order chi connectivity index (χ0) is 38.9. The third-order valence-electron chi connectivity index (χ3n) is 14.1. The van der Waals surface area contributed by atoms with E-state index in [4.69, 9.17) is 4.42 Å². The Balaban J connectivity index is 1.29. The lowest BCUT2D eigenvalue weighted by molar-refractivity contribution is 0.660. The number of furan rings is 1. The normalized spacial score (nSPS) is 13.3. The van der Waals surface area contributed by atoms with Gasteiger partial charge < -0.3 is 4.42 Å². The van der Waals surface area contributed by atoms with Gasteiger partial charge >= 0.3 is 0 Å². The molecule has 274 valence electrons. The minimum absolute atomic E-state index is 0.0364. The van der Waals surface area contributed by atoms with Gasteiger partial charge in [-0.3, -0.25) is 0 Å². The summed E-state index contributed by atoms with van der Waals surface area (Å²) in [5, 5.41) is 7.76. The van der Waals surface area contributed by atoms with E-state index in [2.05, 4.69) is 178 Å². The molecule has 10 rings (SSSR count). The minimum atomic E-state index is -0.0364. The molecule has 0 saturated carbocycles. The first kappa shape index (κ1) is 34.6. The van der Waals surface area contributed by atoms with Crippen molar-refractivity contribution in [2.75, 3.05) is 0 Å². The monoisotopic (exact) mass is 724 g/mol. The fraction of sp³-hybridized carbons (Fsp3) is 0.200. The Morgan fingerprint density at radius 3 is 1.48 bits per heavy atom. The van der Waals surface area contributed by atoms with E-state index in [0.29, 0.717) is 0 Å². The van der Waals surface area contributed by atoms with Crippen LogP contribution in [-0.4, -0.2) is 0 Å². The van der Waals surface area contributed by atoms with Crippen molar-refractivity contribution in [1.82, 2.24) is 0 Å². The van der Waals surface area contributed by atoms with Crippen molar-refractivity contribution in [1.29, 1.82) is 0 Å². The van der Waals surface area contributed by atoms with Crippen LogP contribution in [-0.2, 0) is 5.41 Å². The average Bonchev–Trinajstić information content (AvgIpc) is 3.71. The fourth-order valence-electron chi connectivity index (χ4n) is 10.4. The van der Waals surface area contributed by atoms with E-state index in [-0.39, 0.29) is 5.41 Å². The molecule has 0 fully saturated rings. The third-order valence-corrected chi connectivity index (χ3v) is 14.1. The number of hydrogen-bond donors (Lipinski definition) is 0. The first-order valence-corrected chi connectivity index (χ1v) is 20.1. The SMILES string of the molecule is Cc1c(C)c(C)c2c(-c3cccc4oc5ccccc5c34)c3c(C)c(C)c(C)c(C)c3c(-c3ccc(-c4ccc5c(c4)C(C)(C)c4ccccc4-5)cc3)c2c1C. The van der Waals surface area contributed by atoms with Gasteiger partial charge in [-0.05, 0) is 195 Å². The molecular weight excluding hydrogens is 677 g/mol. The summed E-state index contributed by atoms with van der Waals surface area (Å²) in [6.45, 7) is 23.3. The van der Waals surface area contributed by atoms with Gasteiger partial charge in [0, 0.05) is 16.2 Å². The molecule has 1 nitrogen and oxygen atoms in total. The molecule has 0 radical (unpaired) electrons. The number of para-hydroxylation sites is 1. The van der Waals surface area contributed by atoms with Gasteiger partial charge in [-0.1, -0.05) is 105 Å².